The third-order valence-corrected chi connectivity index (χ3v) is 3.41. The highest BCUT2D eigenvalue weighted by molar-refractivity contribution is 5.85. The first-order valence-corrected chi connectivity index (χ1v) is 6.75. The number of hydrogen-bond acceptors (Lipinski definition) is 4. The number of anilines is 1. The van der Waals surface area contributed by atoms with Crippen molar-refractivity contribution in [1.29, 1.82) is 0 Å². The topological polar surface area (TPSA) is 49.8 Å². The fourth-order valence-electron chi connectivity index (χ4n) is 2.37. The molecule has 0 amide bonds. The third kappa shape index (κ3) is 3.68. The fourth-order valence-corrected chi connectivity index (χ4v) is 2.37. The van der Waals surface area contributed by atoms with Crippen LogP contribution in [0.15, 0.2) is 42.7 Å². The van der Waals surface area contributed by atoms with Crippen LogP contribution < -0.4 is 10.6 Å². The van der Waals surface area contributed by atoms with Crippen LogP contribution in [0.4, 0.5) is 5.82 Å². The lowest BCUT2D eigenvalue weighted by Gasteiger charge is -2.12. The molecule has 106 valence electrons. The van der Waals surface area contributed by atoms with Crippen molar-refractivity contribution < 1.29 is 0 Å². The average molecular weight is 291 g/mol. The molecule has 0 aromatic carbocycles. The zero-order chi connectivity index (χ0) is 12.9. The first kappa shape index (κ1) is 14.8. The predicted molar refractivity (Wildman–Crippen MR) is 83.0 cm³/mol. The minimum atomic E-state index is 0. The number of pyridine rings is 2. The molecule has 20 heavy (non-hydrogen) atoms. The van der Waals surface area contributed by atoms with Gasteiger partial charge in [-0.05, 0) is 49.2 Å². The van der Waals surface area contributed by atoms with Crippen molar-refractivity contribution >= 4 is 18.2 Å². The molecular weight excluding hydrogens is 272 g/mol. The summed E-state index contributed by atoms with van der Waals surface area (Å²) in [6.45, 7) is 1.87. The van der Waals surface area contributed by atoms with Gasteiger partial charge in [-0.2, -0.15) is 0 Å². The third-order valence-electron chi connectivity index (χ3n) is 3.41. The van der Waals surface area contributed by atoms with Gasteiger partial charge < -0.3 is 10.6 Å². The van der Waals surface area contributed by atoms with Crippen LogP contribution in [0.1, 0.15) is 30.1 Å². The zero-order valence-electron chi connectivity index (χ0n) is 11.2. The van der Waals surface area contributed by atoms with Crippen LogP contribution in [0, 0.1) is 0 Å². The molecule has 2 aromatic heterocycles. The summed E-state index contributed by atoms with van der Waals surface area (Å²) in [6, 6.07) is 10.6. The molecule has 4 nitrogen and oxygen atoms in total. The Hall–Kier alpha value is -1.65. The van der Waals surface area contributed by atoms with Crippen LogP contribution in [0.3, 0.4) is 0 Å². The van der Waals surface area contributed by atoms with E-state index in [0.29, 0.717) is 6.04 Å². The first-order valence-electron chi connectivity index (χ1n) is 6.75. The summed E-state index contributed by atoms with van der Waals surface area (Å²) >= 11 is 0. The maximum Gasteiger partial charge on any atom is 0.126 e. The van der Waals surface area contributed by atoms with Gasteiger partial charge in [0.15, 0.2) is 0 Å². The van der Waals surface area contributed by atoms with E-state index in [2.05, 4.69) is 32.7 Å². The standard InChI is InChI=1S/C15H18N4.ClH/c1-3-14(13-4-2-8-17-13)19-15(5-1)18-11-12-6-9-16-10-7-12;/h1,3,5-7,9-10,13,17H,2,4,8,11H2,(H,18,19);1H. The second kappa shape index (κ2) is 7.22. The molecular formula is C15H19ClN4. The van der Waals surface area contributed by atoms with Crippen molar-refractivity contribution in [1.82, 2.24) is 15.3 Å². The molecule has 1 atom stereocenters. The number of halogens is 1. The normalized spacial score (nSPS) is 17.5. The minimum Gasteiger partial charge on any atom is -0.366 e. The number of nitrogens with zero attached hydrogens (tertiary/aromatic N) is 2. The summed E-state index contributed by atoms with van der Waals surface area (Å²) < 4.78 is 0. The number of nitrogens with one attached hydrogen (secondary N) is 2. The molecule has 0 aliphatic carbocycles. The Kier molecular flexibility index (Phi) is 5.32. The number of rotatable bonds is 4. The van der Waals surface area contributed by atoms with Gasteiger partial charge in [0.2, 0.25) is 0 Å². The Morgan fingerprint density at radius 1 is 1.20 bits per heavy atom. The SMILES string of the molecule is Cl.c1cc(NCc2ccncc2)nc(C2CCCN2)c1. The van der Waals surface area contributed by atoms with E-state index in [0.717, 1.165) is 24.6 Å². The van der Waals surface area contributed by atoms with Crippen LogP contribution in [0.25, 0.3) is 0 Å². The van der Waals surface area contributed by atoms with Gasteiger partial charge in [0.25, 0.3) is 0 Å². The monoisotopic (exact) mass is 290 g/mol. The molecule has 1 unspecified atom stereocenters. The maximum absolute atomic E-state index is 4.68. The molecule has 0 radical (unpaired) electrons. The van der Waals surface area contributed by atoms with Gasteiger partial charge in [-0.15, -0.1) is 12.4 Å². The highest BCUT2D eigenvalue weighted by atomic mass is 35.5. The summed E-state index contributed by atoms with van der Waals surface area (Å²) in [7, 11) is 0. The summed E-state index contributed by atoms with van der Waals surface area (Å²) in [5, 5.41) is 6.83. The summed E-state index contributed by atoms with van der Waals surface area (Å²) in [6.07, 6.45) is 6.04. The van der Waals surface area contributed by atoms with Gasteiger partial charge in [0.05, 0.1) is 5.69 Å². The molecule has 0 spiro atoms. The second-order valence-electron chi connectivity index (χ2n) is 4.81. The van der Waals surface area contributed by atoms with Crippen molar-refractivity contribution in [3.8, 4) is 0 Å². The molecule has 1 saturated heterocycles. The summed E-state index contributed by atoms with van der Waals surface area (Å²) in [4.78, 5) is 8.70. The Morgan fingerprint density at radius 3 is 2.80 bits per heavy atom. The molecule has 3 heterocycles. The van der Waals surface area contributed by atoms with Gasteiger partial charge in [-0.25, -0.2) is 4.98 Å². The van der Waals surface area contributed by atoms with E-state index in [1.54, 1.807) is 0 Å². The second-order valence-corrected chi connectivity index (χ2v) is 4.81. The van der Waals surface area contributed by atoms with Crippen molar-refractivity contribution in [2.45, 2.75) is 25.4 Å². The molecule has 1 aliphatic rings. The van der Waals surface area contributed by atoms with E-state index in [1.165, 1.54) is 18.4 Å². The van der Waals surface area contributed by atoms with Crippen LogP contribution in [-0.2, 0) is 6.54 Å². The molecule has 1 aliphatic heterocycles. The number of hydrogen-bond donors (Lipinski definition) is 2. The largest absolute Gasteiger partial charge is 0.366 e. The molecule has 2 N–H and O–H groups in total. The van der Waals surface area contributed by atoms with E-state index in [1.807, 2.05) is 30.6 Å². The van der Waals surface area contributed by atoms with Gasteiger partial charge in [-0.3, -0.25) is 4.98 Å². The molecule has 0 saturated carbocycles. The highest BCUT2D eigenvalue weighted by Gasteiger charge is 2.17. The lowest BCUT2D eigenvalue weighted by Crippen LogP contribution is -2.14. The van der Waals surface area contributed by atoms with Crippen molar-refractivity contribution in [3.63, 3.8) is 0 Å². The van der Waals surface area contributed by atoms with Gasteiger partial charge >= 0.3 is 0 Å². The first-order chi connectivity index (χ1) is 9.42. The van der Waals surface area contributed by atoms with E-state index in [4.69, 9.17) is 0 Å². The van der Waals surface area contributed by atoms with Crippen LogP contribution in [-0.4, -0.2) is 16.5 Å². The Balaban J connectivity index is 0.00000147. The minimum absolute atomic E-state index is 0. The summed E-state index contributed by atoms with van der Waals surface area (Å²) in [5.74, 6) is 0.933. The maximum atomic E-state index is 4.68. The van der Waals surface area contributed by atoms with Crippen LogP contribution in [0.5, 0.6) is 0 Å². The van der Waals surface area contributed by atoms with Crippen LogP contribution in [0.2, 0.25) is 0 Å². The quantitative estimate of drug-likeness (QED) is 0.909. The highest BCUT2D eigenvalue weighted by Crippen LogP contribution is 2.22. The summed E-state index contributed by atoms with van der Waals surface area (Å²) in [5.41, 5.74) is 2.35. The average Bonchev–Trinajstić information content (AvgIpc) is 3.01. The fraction of sp³-hybridized carbons (Fsp3) is 0.333. The van der Waals surface area contributed by atoms with E-state index in [9.17, 15) is 0 Å². The molecule has 0 bridgehead atoms. The zero-order valence-corrected chi connectivity index (χ0v) is 12.1. The van der Waals surface area contributed by atoms with Gasteiger partial charge in [0, 0.05) is 25.0 Å². The van der Waals surface area contributed by atoms with Crippen molar-refractivity contribution in [2.75, 3.05) is 11.9 Å². The van der Waals surface area contributed by atoms with E-state index >= 15 is 0 Å². The number of aromatic nitrogens is 2. The molecule has 3 rings (SSSR count). The lowest BCUT2D eigenvalue weighted by molar-refractivity contribution is 0.628. The van der Waals surface area contributed by atoms with Crippen molar-refractivity contribution in [3.05, 3.63) is 54.0 Å². The smallest absolute Gasteiger partial charge is 0.126 e. The van der Waals surface area contributed by atoms with Gasteiger partial charge in [-0.1, -0.05) is 6.07 Å². The van der Waals surface area contributed by atoms with E-state index in [-0.39, 0.29) is 12.4 Å². The van der Waals surface area contributed by atoms with Gasteiger partial charge in [0.1, 0.15) is 5.82 Å². The Bertz CT molecular complexity index is 526. The lowest BCUT2D eigenvalue weighted by atomic mass is 10.1. The van der Waals surface area contributed by atoms with E-state index < -0.39 is 0 Å². The molecule has 2 aromatic rings. The van der Waals surface area contributed by atoms with Crippen molar-refractivity contribution in [2.24, 2.45) is 0 Å². The molecule has 5 heteroatoms. The Morgan fingerprint density at radius 2 is 2.05 bits per heavy atom. The molecule has 1 fully saturated rings. The predicted octanol–water partition coefficient (Wildman–Crippen LogP) is 2.94. The van der Waals surface area contributed by atoms with Crippen LogP contribution >= 0.6 is 12.4 Å². The Labute approximate surface area is 125 Å².